The summed E-state index contributed by atoms with van der Waals surface area (Å²) in [7, 11) is 0. The van der Waals surface area contributed by atoms with Gasteiger partial charge in [0.25, 0.3) is 0 Å². The Labute approximate surface area is 80.7 Å². The summed E-state index contributed by atoms with van der Waals surface area (Å²) in [5.74, 6) is 0. The third kappa shape index (κ3) is 1.73. The highest BCUT2D eigenvalue weighted by Crippen LogP contribution is 2.25. The van der Waals surface area contributed by atoms with Crippen LogP contribution in [0.1, 0.15) is 25.7 Å². The van der Waals surface area contributed by atoms with Crippen molar-refractivity contribution >= 4 is 0 Å². The molecule has 3 N–H and O–H groups in total. The van der Waals surface area contributed by atoms with Crippen LogP contribution in [0.15, 0.2) is 0 Å². The molecule has 3 heteroatoms. The van der Waals surface area contributed by atoms with Crippen molar-refractivity contribution in [3.63, 3.8) is 0 Å². The topological polar surface area (TPSA) is 41.3 Å². The Kier molecular flexibility index (Phi) is 2.86. The first kappa shape index (κ1) is 9.44. The van der Waals surface area contributed by atoms with Gasteiger partial charge in [0.15, 0.2) is 0 Å². The lowest BCUT2D eigenvalue weighted by Gasteiger charge is -2.42. The van der Waals surface area contributed by atoms with Gasteiger partial charge in [-0.2, -0.15) is 0 Å². The summed E-state index contributed by atoms with van der Waals surface area (Å²) in [5.41, 5.74) is 6.22. The van der Waals surface area contributed by atoms with Crippen LogP contribution in [0.3, 0.4) is 0 Å². The number of hydrogen-bond acceptors (Lipinski definition) is 3. The maximum Gasteiger partial charge on any atom is 0.0467 e. The number of rotatable bonds is 2. The lowest BCUT2D eigenvalue weighted by molar-refractivity contribution is 0.0878. The first-order valence-corrected chi connectivity index (χ1v) is 5.53. The van der Waals surface area contributed by atoms with E-state index in [2.05, 4.69) is 10.2 Å². The van der Waals surface area contributed by atoms with Crippen molar-refractivity contribution in [2.45, 2.75) is 31.2 Å². The van der Waals surface area contributed by atoms with E-state index in [-0.39, 0.29) is 0 Å². The molecule has 0 spiro atoms. The number of piperidine rings is 1. The largest absolute Gasteiger partial charge is 0.329 e. The van der Waals surface area contributed by atoms with Crippen LogP contribution in [0.2, 0.25) is 0 Å². The second-order valence-corrected chi connectivity index (χ2v) is 4.40. The zero-order valence-electron chi connectivity index (χ0n) is 8.39. The Hall–Kier alpha value is -0.120. The maximum absolute atomic E-state index is 5.92. The van der Waals surface area contributed by atoms with Crippen molar-refractivity contribution in [3.05, 3.63) is 0 Å². The minimum Gasteiger partial charge on any atom is -0.329 e. The monoisotopic (exact) mass is 183 g/mol. The Morgan fingerprint density at radius 3 is 2.54 bits per heavy atom. The molecule has 2 aliphatic heterocycles. The molecule has 1 atom stereocenters. The highest BCUT2D eigenvalue weighted by Gasteiger charge is 2.38. The molecule has 1 unspecified atom stereocenters. The van der Waals surface area contributed by atoms with E-state index in [1.807, 2.05) is 0 Å². The summed E-state index contributed by atoms with van der Waals surface area (Å²) in [4.78, 5) is 2.62. The van der Waals surface area contributed by atoms with Gasteiger partial charge in [0, 0.05) is 18.6 Å². The van der Waals surface area contributed by atoms with Crippen LogP contribution in [-0.4, -0.2) is 43.2 Å². The SMILES string of the molecule is NCC1(N2CCCCC2)CCNC1. The molecule has 0 aliphatic carbocycles. The van der Waals surface area contributed by atoms with E-state index in [0.717, 1.165) is 19.6 Å². The van der Waals surface area contributed by atoms with Crippen molar-refractivity contribution < 1.29 is 0 Å². The summed E-state index contributed by atoms with van der Waals surface area (Å²) < 4.78 is 0. The lowest BCUT2D eigenvalue weighted by Crippen LogP contribution is -2.56. The first-order chi connectivity index (χ1) is 6.37. The van der Waals surface area contributed by atoms with E-state index in [4.69, 9.17) is 5.73 Å². The third-order valence-electron chi connectivity index (χ3n) is 3.63. The predicted molar refractivity (Wildman–Crippen MR) is 54.7 cm³/mol. The van der Waals surface area contributed by atoms with E-state index >= 15 is 0 Å². The fourth-order valence-corrected chi connectivity index (χ4v) is 2.67. The molecule has 3 nitrogen and oxygen atoms in total. The molecule has 13 heavy (non-hydrogen) atoms. The Bertz CT molecular complexity index is 158. The van der Waals surface area contributed by atoms with Gasteiger partial charge in [0.05, 0.1) is 0 Å². The minimum absolute atomic E-state index is 0.306. The van der Waals surface area contributed by atoms with Crippen LogP contribution in [0.5, 0.6) is 0 Å². The predicted octanol–water partition coefficient (Wildman–Crippen LogP) is 0.163. The van der Waals surface area contributed by atoms with Crippen molar-refractivity contribution in [3.8, 4) is 0 Å². The van der Waals surface area contributed by atoms with Crippen LogP contribution in [-0.2, 0) is 0 Å². The molecule has 2 heterocycles. The quantitative estimate of drug-likeness (QED) is 0.641. The van der Waals surface area contributed by atoms with Gasteiger partial charge in [-0.05, 0) is 38.9 Å². The molecular formula is C10H21N3. The van der Waals surface area contributed by atoms with Gasteiger partial charge >= 0.3 is 0 Å². The number of hydrogen-bond donors (Lipinski definition) is 2. The van der Waals surface area contributed by atoms with Crippen molar-refractivity contribution in [1.29, 1.82) is 0 Å². The highest BCUT2D eigenvalue weighted by molar-refractivity contribution is 4.99. The van der Waals surface area contributed by atoms with Gasteiger partial charge in [0.2, 0.25) is 0 Å². The molecule has 0 aromatic heterocycles. The molecule has 2 rings (SSSR count). The normalized spacial score (nSPS) is 36.7. The average molecular weight is 183 g/mol. The van der Waals surface area contributed by atoms with Crippen LogP contribution in [0.25, 0.3) is 0 Å². The fourth-order valence-electron chi connectivity index (χ4n) is 2.67. The Morgan fingerprint density at radius 2 is 2.00 bits per heavy atom. The molecule has 0 saturated carbocycles. The van der Waals surface area contributed by atoms with Crippen molar-refractivity contribution in [1.82, 2.24) is 10.2 Å². The summed E-state index contributed by atoms with van der Waals surface area (Å²) in [5, 5.41) is 3.44. The second-order valence-electron chi connectivity index (χ2n) is 4.40. The summed E-state index contributed by atoms with van der Waals surface area (Å²) in [6, 6.07) is 0. The van der Waals surface area contributed by atoms with Crippen LogP contribution in [0.4, 0.5) is 0 Å². The molecule has 2 fully saturated rings. The van der Waals surface area contributed by atoms with E-state index < -0.39 is 0 Å². The third-order valence-corrected chi connectivity index (χ3v) is 3.63. The number of nitrogens with one attached hydrogen (secondary N) is 1. The summed E-state index contributed by atoms with van der Waals surface area (Å²) in [6.07, 6.45) is 5.37. The Balaban J connectivity index is 2.01. The zero-order chi connectivity index (χ0) is 9.15. The first-order valence-electron chi connectivity index (χ1n) is 5.53. The Morgan fingerprint density at radius 1 is 1.23 bits per heavy atom. The van der Waals surface area contributed by atoms with Crippen LogP contribution < -0.4 is 11.1 Å². The smallest absolute Gasteiger partial charge is 0.0467 e. The molecule has 0 radical (unpaired) electrons. The highest BCUT2D eigenvalue weighted by atomic mass is 15.2. The molecule has 0 bridgehead atoms. The van der Waals surface area contributed by atoms with Gasteiger partial charge < -0.3 is 11.1 Å². The van der Waals surface area contributed by atoms with Gasteiger partial charge in [-0.1, -0.05) is 6.42 Å². The number of nitrogens with two attached hydrogens (primary N) is 1. The number of nitrogens with zero attached hydrogens (tertiary/aromatic N) is 1. The number of likely N-dealkylation sites (tertiary alicyclic amines) is 1. The lowest BCUT2D eigenvalue weighted by atomic mass is 9.93. The maximum atomic E-state index is 5.92. The standard InChI is InChI=1S/C10H21N3/c11-8-10(4-5-12-9-10)13-6-2-1-3-7-13/h12H,1-9,11H2. The molecule has 0 aromatic carbocycles. The zero-order valence-corrected chi connectivity index (χ0v) is 8.39. The van der Waals surface area contributed by atoms with E-state index in [1.165, 1.54) is 38.8 Å². The average Bonchev–Trinajstić information content (AvgIpc) is 2.69. The molecule has 0 amide bonds. The van der Waals surface area contributed by atoms with Crippen LogP contribution in [0, 0.1) is 0 Å². The molecule has 76 valence electrons. The molecule has 0 aromatic rings. The van der Waals surface area contributed by atoms with Gasteiger partial charge in [-0.25, -0.2) is 0 Å². The minimum atomic E-state index is 0.306. The van der Waals surface area contributed by atoms with Gasteiger partial charge in [-0.15, -0.1) is 0 Å². The van der Waals surface area contributed by atoms with E-state index in [0.29, 0.717) is 5.54 Å². The van der Waals surface area contributed by atoms with Crippen molar-refractivity contribution in [2.24, 2.45) is 5.73 Å². The van der Waals surface area contributed by atoms with Gasteiger partial charge in [-0.3, -0.25) is 4.90 Å². The van der Waals surface area contributed by atoms with E-state index in [1.54, 1.807) is 0 Å². The molecule has 2 saturated heterocycles. The summed E-state index contributed by atoms with van der Waals surface area (Å²) in [6.45, 7) is 5.59. The van der Waals surface area contributed by atoms with Gasteiger partial charge in [0.1, 0.15) is 0 Å². The molecule has 2 aliphatic rings. The second kappa shape index (κ2) is 3.95. The van der Waals surface area contributed by atoms with Crippen molar-refractivity contribution in [2.75, 3.05) is 32.7 Å². The summed E-state index contributed by atoms with van der Waals surface area (Å²) >= 11 is 0. The van der Waals surface area contributed by atoms with E-state index in [9.17, 15) is 0 Å². The van der Waals surface area contributed by atoms with Crippen LogP contribution >= 0.6 is 0 Å². The fraction of sp³-hybridized carbons (Fsp3) is 1.00. The molecular weight excluding hydrogens is 162 g/mol.